The normalized spacial score (nSPS) is 21.9. The van der Waals surface area contributed by atoms with Crippen molar-refractivity contribution in [2.45, 2.75) is 56.8 Å². The number of pyridine rings is 1. The van der Waals surface area contributed by atoms with Crippen molar-refractivity contribution in [2.24, 2.45) is 0 Å². The summed E-state index contributed by atoms with van der Waals surface area (Å²) < 4.78 is 10.7. The quantitative estimate of drug-likeness (QED) is 0.488. The Morgan fingerprint density at radius 3 is 2.54 bits per heavy atom. The highest BCUT2D eigenvalue weighted by Gasteiger charge is 2.42. The Morgan fingerprint density at radius 1 is 1.17 bits per heavy atom. The van der Waals surface area contributed by atoms with E-state index in [4.69, 9.17) is 32.7 Å². The number of hydrogen-bond donors (Lipinski definition) is 2. The fraction of sp³-hybridized carbons (Fsp3) is 0.480. The highest BCUT2D eigenvalue weighted by molar-refractivity contribution is 6.35. The van der Waals surface area contributed by atoms with Gasteiger partial charge in [0, 0.05) is 43.0 Å². The maximum Gasteiger partial charge on any atom is 0.260 e. The van der Waals surface area contributed by atoms with Crippen LogP contribution in [0.3, 0.4) is 0 Å². The molecule has 0 spiro atoms. The fourth-order valence-corrected chi connectivity index (χ4v) is 5.30. The molecule has 2 unspecified atom stereocenters. The minimum Gasteiger partial charge on any atom is -0.479 e. The molecule has 2 saturated heterocycles. The van der Waals surface area contributed by atoms with E-state index in [1.807, 2.05) is 6.07 Å². The van der Waals surface area contributed by atoms with Crippen molar-refractivity contribution < 1.29 is 19.1 Å². The number of methoxy groups -OCH3 is 1. The van der Waals surface area contributed by atoms with Crippen molar-refractivity contribution in [3.05, 3.63) is 52.1 Å². The van der Waals surface area contributed by atoms with Crippen LogP contribution in [0, 0.1) is 0 Å². The topological polar surface area (TPSA) is 92.8 Å². The second-order valence-electron chi connectivity index (χ2n) is 8.96. The molecule has 2 bridgehead atoms. The Labute approximate surface area is 215 Å². The van der Waals surface area contributed by atoms with Gasteiger partial charge in [-0.25, -0.2) is 4.98 Å². The van der Waals surface area contributed by atoms with Crippen LogP contribution in [0.2, 0.25) is 10.0 Å². The second-order valence-corrected chi connectivity index (χ2v) is 9.80. The number of carbonyl (C=O) groups excluding carboxylic acids is 2. The lowest BCUT2D eigenvalue weighted by molar-refractivity contribution is -0.128. The van der Waals surface area contributed by atoms with Gasteiger partial charge in [-0.15, -0.1) is 0 Å². The number of benzene rings is 1. The Morgan fingerprint density at radius 2 is 1.91 bits per heavy atom. The van der Waals surface area contributed by atoms with Gasteiger partial charge in [0.05, 0.1) is 17.2 Å². The molecule has 10 heteroatoms. The van der Waals surface area contributed by atoms with E-state index in [-0.39, 0.29) is 29.9 Å². The number of nitrogens with zero attached hydrogens (tertiary/aromatic N) is 2. The maximum atomic E-state index is 12.8. The summed E-state index contributed by atoms with van der Waals surface area (Å²) in [4.78, 5) is 31.9. The molecule has 2 aliphatic rings. The first-order valence-electron chi connectivity index (χ1n) is 11.8. The summed E-state index contributed by atoms with van der Waals surface area (Å²) in [7, 11) is 1.59. The summed E-state index contributed by atoms with van der Waals surface area (Å²) in [6, 6.07) is 9.27. The Hall–Kier alpha value is -2.55. The molecule has 2 aromatic rings. The first-order valence-corrected chi connectivity index (χ1v) is 12.5. The molecule has 2 fully saturated rings. The van der Waals surface area contributed by atoms with Crippen LogP contribution in [0.1, 0.15) is 43.0 Å². The van der Waals surface area contributed by atoms with Gasteiger partial charge < -0.3 is 25.0 Å². The standard InChI is InChI=1S/C25H30Cl2N4O4/c1-15(35-22-7-4-17(26)11-21(22)27)24(32)30-18-12-19-5-6-20(13-18)31(19)23-8-3-16(14-29-23)25(33)28-9-10-34-2/h3-4,7-8,11,14-15,18-20H,5-6,9-10,12-13H2,1-2H3,(H,28,33)(H,30,32)/t15?,18?,19-,20+. The average Bonchev–Trinajstić information content (AvgIpc) is 3.11. The van der Waals surface area contributed by atoms with Gasteiger partial charge in [-0.05, 0) is 62.9 Å². The maximum absolute atomic E-state index is 12.8. The number of fused-ring (bicyclic) bond motifs is 2. The molecule has 4 rings (SSSR count). The number of piperidine rings is 1. The molecule has 2 amide bonds. The molecule has 188 valence electrons. The lowest BCUT2D eigenvalue weighted by Gasteiger charge is -2.40. The number of amides is 2. The van der Waals surface area contributed by atoms with Crippen LogP contribution in [0.25, 0.3) is 0 Å². The van der Waals surface area contributed by atoms with Gasteiger partial charge in [-0.3, -0.25) is 9.59 Å². The lowest BCUT2D eigenvalue weighted by atomic mass is 9.97. The van der Waals surface area contributed by atoms with Crippen LogP contribution >= 0.6 is 23.2 Å². The van der Waals surface area contributed by atoms with E-state index in [1.165, 1.54) is 0 Å². The first kappa shape index (κ1) is 25.5. The van der Waals surface area contributed by atoms with Crippen molar-refractivity contribution in [1.29, 1.82) is 0 Å². The number of halogens is 2. The third-order valence-electron chi connectivity index (χ3n) is 6.51. The molecule has 0 saturated carbocycles. The Kier molecular flexibility index (Phi) is 8.36. The van der Waals surface area contributed by atoms with Gasteiger partial charge in [0.2, 0.25) is 0 Å². The van der Waals surface area contributed by atoms with Crippen LogP contribution in [-0.2, 0) is 9.53 Å². The van der Waals surface area contributed by atoms with Crippen LogP contribution in [0.15, 0.2) is 36.5 Å². The number of carbonyl (C=O) groups is 2. The van der Waals surface area contributed by atoms with Crippen LogP contribution in [-0.4, -0.2) is 61.3 Å². The van der Waals surface area contributed by atoms with E-state index in [0.717, 1.165) is 31.5 Å². The number of aromatic nitrogens is 1. The van der Waals surface area contributed by atoms with E-state index in [9.17, 15) is 9.59 Å². The van der Waals surface area contributed by atoms with Gasteiger partial charge in [-0.1, -0.05) is 23.2 Å². The molecular weight excluding hydrogens is 491 g/mol. The number of nitrogens with one attached hydrogen (secondary N) is 2. The van der Waals surface area contributed by atoms with Gasteiger partial charge in [-0.2, -0.15) is 0 Å². The third-order valence-corrected chi connectivity index (χ3v) is 7.04. The molecule has 1 aromatic carbocycles. The summed E-state index contributed by atoms with van der Waals surface area (Å²) in [5.74, 6) is 0.956. The molecule has 8 nitrogen and oxygen atoms in total. The van der Waals surface area contributed by atoms with E-state index in [1.54, 1.807) is 44.5 Å². The van der Waals surface area contributed by atoms with Gasteiger partial charge in [0.25, 0.3) is 11.8 Å². The van der Waals surface area contributed by atoms with E-state index < -0.39 is 6.10 Å². The summed E-state index contributed by atoms with van der Waals surface area (Å²) >= 11 is 12.1. The summed E-state index contributed by atoms with van der Waals surface area (Å²) in [5, 5.41) is 6.83. The van der Waals surface area contributed by atoms with Crippen LogP contribution in [0.4, 0.5) is 5.82 Å². The summed E-state index contributed by atoms with van der Waals surface area (Å²) in [6.45, 7) is 2.63. The van der Waals surface area contributed by atoms with Gasteiger partial charge in [0.15, 0.2) is 6.10 Å². The molecule has 3 heterocycles. The number of anilines is 1. The molecule has 0 radical (unpaired) electrons. The monoisotopic (exact) mass is 520 g/mol. The van der Waals surface area contributed by atoms with Gasteiger partial charge in [0.1, 0.15) is 11.6 Å². The largest absolute Gasteiger partial charge is 0.479 e. The Balaban J connectivity index is 1.32. The molecule has 1 aromatic heterocycles. The van der Waals surface area contributed by atoms with Gasteiger partial charge >= 0.3 is 0 Å². The average molecular weight is 521 g/mol. The molecule has 4 atom stereocenters. The minimum absolute atomic E-state index is 0.0637. The van der Waals surface area contributed by atoms with Crippen LogP contribution < -0.4 is 20.3 Å². The van der Waals surface area contributed by atoms with Crippen molar-refractivity contribution in [2.75, 3.05) is 25.2 Å². The smallest absolute Gasteiger partial charge is 0.260 e. The van der Waals surface area contributed by atoms with E-state index >= 15 is 0 Å². The summed E-state index contributed by atoms with van der Waals surface area (Å²) in [6.07, 6.45) is 4.68. The molecule has 2 N–H and O–H groups in total. The fourth-order valence-electron chi connectivity index (χ4n) is 4.84. The lowest BCUT2D eigenvalue weighted by Crippen LogP contribution is -2.52. The SMILES string of the molecule is COCCNC(=O)c1ccc(N2[C@@H]3CC[C@H]2CC(NC(=O)C(C)Oc2ccc(Cl)cc2Cl)C3)nc1. The molecule has 35 heavy (non-hydrogen) atoms. The zero-order chi connectivity index (χ0) is 24.9. The second kappa shape index (κ2) is 11.5. The van der Waals surface area contributed by atoms with Crippen LogP contribution in [0.5, 0.6) is 5.75 Å². The highest BCUT2D eigenvalue weighted by atomic mass is 35.5. The molecule has 2 aliphatic heterocycles. The summed E-state index contributed by atoms with van der Waals surface area (Å²) in [5.41, 5.74) is 0.522. The zero-order valence-electron chi connectivity index (χ0n) is 19.8. The third kappa shape index (κ3) is 6.18. The van der Waals surface area contributed by atoms with Crippen molar-refractivity contribution in [3.8, 4) is 5.75 Å². The highest BCUT2D eigenvalue weighted by Crippen LogP contribution is 2.38. The zero-order valence-corrected chi connectivity index (χ0v) is 21.3. The molecular formula is C25H30Cl2N4O4. The predicted molar refractivity (Wildman–Crippen MR) is 135 cm³/mol. The minimum atomic E-state index is -0.686. The number of ether oxygens (including phenoxy) is 2. The van der Waals surface area contributed by atoms with Crippen molar-refractivity contribution >= 4 is 40.8 Å². The Bertz CT molecular complexity index is 1040. The van der Waals surface area contributed by atoms with E-state index in [2.05, 4.69) is 20.5 Å². The first-order chi connectivity index (χ1) is 16.9. The number of rotatable bonds is 9. The van der Waals surface area contributed by atoms with Crippen molar-refractivity contribution in [1.82, 2.24) is 15.6 Å². The predicted octanol–water partition coefficient (Wildman–Crippen LogP) is 3.85. The number of hydrogen-bond acceptors (Lipinski definition) is 6. The molecule has 0 aliphatic carbocycles. The van der Waals surface area contributed by atoms with Crippen molar-refractivity contribution in [3.63, 3.8) is 0 Å². The van der Waals surface area contributed by atoms with E-state index in [0.29, 0.717) is 34.5 Å².